The highest BCUT2D eigenvalue weighted by molar-refractivity contribution is 8.17. The molecule has 2 rings (SSSR count). The van der Waals surface area contributed by atoms with E-state index in [1.54, 1.807) is 11.8 Å². The molecule has 0 N–H and O–H groups in total. The number of thioether (sulfide) groups is 1. The van der Waals surface area contributed by atoms with Gasteiger partial charge in [0.15, 0.2) is 5.17 Å². The second-order valence-corrected chi connectivity index (χ2v) is 6.73. The lowest BCUT2D eigenvalue weighted by molar-refractivity contribution is 0.656. The summed E-state index contributed by atoms with van der Waals surface area (Å²) in [7, 11) is 0. The van der Waals surface area contributed by atoms with Gasteiger partial charge in [-0.3, -0.25) is 4.99 Å². The third-order valence-electron chi connectivity index (χ3n) is 3.46. The molecule has 0 fully saturated rings. The second-order valence-electron chi connectivity index (χ2n) is 5.67. The van der Waals surface area contributed by atoms with Crippen molar-refractivity contribution in [2.24, 2.45) is 4.99 Å². The van der Waals surface area contributed by atoms with E-state index in [9.17, 15) is 0 Å². The van der Waals surface area contributed by atoms with Crippen molar-refractivity contribution in [3.8, 4) is 0 Å². The number of amidine groups is 1. The first-order valence-electron chi connectivity index (χ1n) is 6.78. The van der Waals surface area contributed by atoms with Crippen LogP contribution in [0, 0.1) is 13.8 Å². The number of aryl methyl sites for hydroxylation is 2. The average molecular weight is 286 g/mol. The molecule has 0 aliphatic carbocycles. The van der Waals surface area contributed by atoms with Crippen LogP contribution in [0.25, 0.3) is 0 Å². The molecule has 0 atom stereocenters. The van der Waals surface area contributed by atoms with E-state index in [-0.39, 0.29) is 5.54 Å². The Morgan fingerprint density at radius 3 is 2.55 bits per heavy atom. The van der Waals surface area contributed by atoms with Gasteiger partial charge in [0.2, 0.25) is 0 Å². The molecule has 3 heteroatoms. The first kappa shape index (κ1) is 14.9. The molecule has 1 aliphatic rings. The van der Waals surface area contributed by atoms with E-state index in [0.717, 1.165) is 16.6 Å². The molecular formula is C17H22N2S. The zero-order chi connectivity index (χ0) is 14.9. The molecule has 0 aromatic heterocycles. The van der Waals surface area contributed by atoms with E-state index in [4.69, 9.17) is 4.99 Å². The average Bonchev–Trinajstić information content (AvgIpc) is 2.61. The van der Waals surface area contributed by atoms with Gasteiger partial charge in [0.25, 0.3) is 0 Å². The van der Waals surface area contributed by atoms with Crippen molar-refractivity contribution in [2.75, 3.05) is 11.4 Å². The summed E-state index contributed by atoms with van der Waals surface area (Å²) in [5.74, 6) is 0. The van der Waals surface area contributed by atoms with E-state index >= 15 is 0 Å². The Balaban J connectivity index is 2.42. The number of benzene rings is 1. The van der Waals surface area contributed by atoms with Gasteiger partial charge in [-0.15, -0.1) is 6.58 Å². The van der Waals surface area contributed by atoms with E-state index in [0.29, 0.717) is 0 Å². The molecule has 106 valence electrons. The number of hydrogen-bond donors (Lipinski definition) is 0. The summed E-state index contributed by atoms with van der Waals surface area (Å²) in [5.41, 5.74) is 3.52. The van der Waals surface area contributed by atoms with Crippen molar-refractivity contribution in [1.82, 2.24) is 0 Å². The maximum Gasteiger partial charge on any atom is 0.169 e. The predicted molar refractivity (Wildman–Crippen MR) is 91.7 cm³/mol. The van der Waals surface area contributed by atoms with Crippen molar-refractivity contribution in [2.45, 2.75) is 33.2 Å². The molecule has 1 aromatic carbocycles. The summed E-state index contributed by atoms with van der Waals surface area (Å²) in [4.78, 5) is 8.12. The lowest BCUT2D eigenvalue weighted by Gasteiger charge is -2.24. The van der Waals surface area contributed by atoms with Crippen LogP contribution in [0.2, 0.25) is 0 Å². The minimum Gasteiger partial charge on any atom is -0.317 e. The molecule has 2 nitrogen and oxygen atoms in total. The topological polar surface area (TPSA) is 15.6 Å². The van der Waals surface area contributed by atoms with Gasteiger partial charge in [-0.25, -0.2) is 0 Å². The summed E-state index contributed by atoms with van der Waals surface area (Å²) in [5, 5.41) is 1.01. The van der Waals surface area contributed by atoms with E-state index in [2.05, 4.69) is 64.0 Å². The lowest BCUT2D eigenvalue weighted by Crippen LogP contribution is -2.28. The largest absolute Gasteiger partial charge is 0.317 e. The van der Waals surface area contributed by atoms with E-state index < -0.39 is 0 Å². The molecule has 20 heavy (non-hydrogen) atoms. The zero-order valence-corrected chi connectivity index (χ0v) is 13.5. The normalized spacial score (nSPS) is 17.0. The maximum absolute atomic E-state index is 4.82. The molecule has 0 saturated heterocycles. The van der Waals surface area contributed by atoms with Crippen molar-refractivity contribution < 1.29 is 0 Å². The monoisotopic (exact) mass is 286 g/mol. The first-order chi connectivity index (χ1) is 9.35. The van der Waals surface area contributed by atoms with E-state index in [1.165, 1.54) is 16.8 Å². The summed E-state index contributed by atoms with van der Waals surface area (Å²) < 4.78 is 0. The van der Waals surface area contributed by atoms with E-state index in [1.807, 2.05) is 6.08 Å². The molecular weight excluding hydrogens is 264 g/mol. The highest BCUT2D eigenvalue weighted by atomic mass is 32.2. The second kappa shape index (κ2) is 5.49. The minimum atomic E-state index is -0.196. The van der Waals surface area contributed by atoms with Crippen molar-refractivity contribution in [1.29, 1.82) is 0 Å². The first-order valence-corrected chi connectivity index (χ1v) is 7.59. The molecule has 0 radical (unpaired) electrons. The van der Waals surface area contributed by atoms with Crippen LogP contribution in [0.15, 0.2) is 47.3 Å². The summed E-state index contributed by atoms with van der Waals surface area (Å²) in [6.07, 6.45) is 1.91. The van der Waals surface area contributed by atoms with Crippen LogP contribution in [0.5, 0.6) is 0 Å². The van der Waals surface area contributed by atoms with Crippen molar-refractivity contribution in [3.05, 3.63) is 53.5 Å². The van der Waals surface area contributed by atoms with Gasteiger partial charge < -0.3 is 4.90 Å². The Labute approximate surface area is 126 Å². The molecule has 1 heterocycles. The van der Waals surface area contributed by atoms with Crippen LogP contribution < -0.4 is 4.90 Å². The van der Waals surface area contributed by atoms with Crippen molar-refractivity contribution in [3.63, 3.8) is 0 Å². The quantitative estimate of drug-likeness (QED) is 0.749. The molecule has 0 spiro atoms. The smallest absolute Gasteiger partial charge is 0.169 e. The number of aliphatic imine (C=N–C) groups is 1. The SMILES string of the molecule is C=CCN(C1=NC(C)(C)C(=C)S1)c1ccc(C)cc1C. The van der Waals surface area contributed by atoms with Crippen LogP contribution in [0.4, 0.5) is 5.69 Å². The number of hydrogen-bond acceptors (Lipinski definition) is 3. The van der Waals surface area contributed by atoms with Crippen LogP contribution >= 0.6 is 11.8 Å². The van der Waals surface area contributed by atoms with Gasteiger partial charge >= 0.3 is 0 Å². The Kier molecular flexibility index (Phi) is 4.09. The maximum atomic E-state index is 4.82. The predicted octanol–water partition coefficient (Wildman–Crippen LogP) is 4.69. The van der Waals surface area contributed by atoms with Gasteiger partial charge in [0.1, 0.15) is 0 Å². The van der Waals surface area contributed by atoms with Gasteiger partial charge in [-0.2, -0.15) is 0 Å². The summed E-state index contributed by atoms with van der Waals surface area (Å²) in [6.45, 7) is 17.2. The third kappa shape index (κ3) is 2.83. The fourth-order valence-electron chi connectivity index (χ4n) is 2.19. The van der Waals surface area contributed by atoms with Crippen LogP contribution in [-0.2, 0) is 0 Å². The highest BCUT2D eigenvalue weighted by Crippen LogP contribution is 2.40. The van der Waals surface area contributed by atoms with Gasteiger partial charge in [0, 0.05) is 17.1 Å². The zero-order valence-electron chi connectivity index (χ0n) is 12.7. The highest BCUT2D eigenvalue weighted by Gasteiger charge is 2.32. The summed E-state index contributed by atoms with van der Waals surface area (Å²) in [6, 6.07) is 6.50. The standard InChI is InChI=1S/C17H22N2S/c1-7-10-19(15-9-8-12(2)11-13(15)3)16-18-17(5,6)14(4)20-16/h7-9,11H,1,4,10H2,2-3,5-6H3. The summed E-state index contributed by atoms with van der Waals surface area (Å²) >= 11 is 1.66. The third-order valence-corrected chi connectivity index (χ3v) is 4.70. The number of nitrogens with zero attached hydrogens (tertiary/aromatic N) is 2. The van der Waals surface area contributed by atoms with Gasteiger partial charge in [0.05, 0.1) is 5.54 Å². The Hall–Kier alpha value is -1.48. The van der Waals surface area contributed by atoms with Gasteiger partial charge in [-0.05, 0) is 39.3 Å². The molecule has 0 amide bonds. The Morgan fingerprint density at radius 2 is 2.05 bits per heavy atom. The fraction of sp³-hybridized carbons (Fsp3) is 0.353. The molecule has 0 unspecified atom stereocenters. The molecule has 1 aliphatic heterocycles. The molecule has 1 aromatic rings. The number of rotatable bonds is 3. The Morgan fingerprint density at radius 1 is 1.35 bits per heavy atom. The number of anilines is 1. The Bertz CT molecular complexity index is 585. The lowest BCUT2D eigenvalue weighted by atomic mass is 10.1. The van der Waals surface area contributed by atoms with Gasteiger partial charge in [-0.1, -0.05) is 42.1 Å². The molecule has 0 bridgehead atoms. The van der Waals surface area contributed by atoms with Crippen LogP contribution in [0.3, 0.4) is 0 Å². The molecule has 0 saturated carbocycles. The fourth-order valence-corrected chi connectivity index (χ4v) is 3.26. The van der Waals surface area contributed by atoms with Crippen LogP contribution in [0.1, 0.15) is 25.0 Å². The van der Waals surface area contributed by atoms with Crippen LogP contribution in [-0.4, -0.2) is 17.3 Å². The van der Waals surface area contributed by atoms with Crippen molar-refractivity contribution >= 4 is 22.6 Å². The minimum absolute atomic E-state index is 0.196.